The van der Waals surface area contributed by atoms with Crippen LogP contribution in [-0.2, 0) is 17.6 Å². The third kappa shape index (κ3) is 5.72. The number of aliphatic carboxylic acids is 1. The number of nitrogens with zero attached hydrogens (tertiary/aromatic N) is 1. The van der Waals surface area contributed by atoms with Gasteiger partial charge < -0.3 is 34.4 Å². The number of benzene rings is 2. The molecule has 0 radical (unpaired) electrons. The zero-order chi connectivity index (χ0) is 23.6. The number of halogens is 3. The fourth-order valence-electron chi connectivity index (χ4n) is 3.53. The largest absolute Gasteiger partial charge is 0.542 e. The van der Waals surface area contributed by atoms with Crippen molar-refractivity contribution in [1.82, 2.24) is 0 Å². The van der Waals surface area contributed by atoms with Crippen LogP contribution < -0.4 is 9.84 Å². The number of carbonyl (C=O) groups is 1. The van der Waals surface area contributed by atoms with Crippen molar-refractivity contribution >= 4 is 5.97 Å². The number of carboxylic acids is 1. The zero-order valence-corrected chi connectivity index (χ0v) is 17.2. The van der Waals surface area contributed by atoms with Gasteiger partial charge in [0.25, 0.3) is 0 Å². The molecule has 3 N–H and O–H groups in total. The molecule has 3 rings (SSSR count). The summed E-state index contributed by atoms with van der Waals surface area (Å²) >= 11 is 0. The van der Waals surface area contributed by atoms with E-state index in [0.29, 0.717) is 12.2 Å². The molecule has 2 aromatic rings. The van der Waals surface area contributed by atoms with E-state index in [4.69, 9.17) is 14.6 Å². The van der Waals surface area contributed by atoms with Gasteiger partial charge in [-0.25, -0.2) is 0 Å². The number of carbonyl (C=O) groups excluding carboxylic acids is 1. The Morgan fingerprint density at radius 1 is 1.13 bits per heavy atom. The average molecular weight is 443 g/mol. The second-order valence-electron chi connectivity index (χ2n) is 7.80. The predicted molar refractivity (Wildman–Crippen MR) is 103 cm³/mol. The fraction of sp³-hybridized carbons (Fsp3) is 0.381. The molecule has 1 heterocycles. The SMILES string of the molecule is COc1cc2c(cc1O)C(Cc1ccc(O)c(O)c1)[N+](C)(C)CC2.O=C([O-])C(F)(F)F. The van der Waals surface area contributed by atoms with Crippen LogP contribution in [0, 0.1) is 0 Å². The van der Waals surface area contributed by atoms with Gasteiger partial charge in [0.1, 0.15) is 12.0 Å². The van der Waals surface area contributed by atoms with Crippen LogP contribution >= 0.6 is 0 Å². The van der Waals surface area contributed by atoms with Crippen LogP contribution in [0.5, 0.6) is 23.0 Å². The third-order valence-corrected chi connectivity index (χ3v) is 5.30. The van der Waals surface area contributed by atoms with Crippen LogP contribution in [0.4, 0.5) is 13.2 Å². The molecule has 0 saturated heterocycles. The Morgan fingerprint density at radius 2 is 1.74 bits per heavy atom. The molecule has 0 amide bonds. The van der Waals surface area contributed by atoms with Crippen LogP contribution in [0.25, 0.3) is 0 Å². The molecular formula is C21H24F3NO6. The first kappa shape index (κ1) is 24.1. The Kier molecular flexibility index (Phi) is 6.95. The summed E-state index contributed by atoms with van der Waals surface area (Å²) in [6.07, 6.45) is -3.56. The third-order valence-electron chi connectivity index (χ3n) is 5.30. The number of phenolic OH excluding ortho intramolecular Hbond substituents is 3. The Morgan fingerprint density at radius 3 is 2.26 bits per heavy atom. The Hall–Kier alpha value is -3.14. The predicted octanol–water partition coefficient (Wildman–Crippen LogP) is 2.03. The molecule has 170 valence electrons. The molecule has 0 fully saturated rings. The van der Waals surface area contributed by atoms with E-state index in [1.807, 2.05) is 12.1 Å². The van der Waals surface area contributed by atoms with Crippen molar-refractivity contribution in [1.29, 1.82) is 0 Å². The highest BCUT2D eigenvalue weighted by Gasteiger charge is 2.36. The van der Waals surface area contributed by atoms with E-state index < -0.39 is 12.1 Å². The Bertz CT molecular complexity index is 959. The number of hydrogen-bond acceptors (Lipinski definition) is 6. The topological polar surface area (TPSA) is 110 Å². The molecule has 31 heavy (non-hydrogen) atoms. The van der Waals surface area contributed by atoms with E-state index in [0.717, 1.165) is 28.6 Å². The lowest BCUT2D eigenvalue weighted by atomic mass is 9.87. The number of hydrogen-bond donors (Lipinski definition) is 3. The monoisotopic (exact) mass is 443 g/mol. The molecule has 10 heteroatoms. The molecule has 2 aromatic carbocycles. The normalized spacial score (nSPS) is 17.2. The maximum Gasteiger partial charge on any atom is 0.430 e. The lowest BCUT2D eigenvalue weighted by Gasteiger charge is -2.43. The van der Waals surface area contributed by atoms with Crippen molar-refractivity contribution in [3.63, 3.8) is 0 Å². The highest BCUT2D eigenvalue weighted by Crippen LogP contribution is 2.41. The summed E-state index contributed by atoms with van der Waals surface area (Å²) in [6.45, 7) is 0.982. The van der Waals surface area contributed by atoms with Crippen molar-refractivity contribution in [2.24, 2.45) is 0 Å². The molecule has 0 aliphatic carbocycles. The lowest BCUT2D eigenvalue weighted by Crippen LogP contribution is -2.48. The number of likely N-dealkylation sites (N-methyl/N-ethyl adjacent to an activating group) is 1. The van der Waals surface area contributed by atoms with Crippen molar-refractivity contribution in [3.05, 3.63) is 47.0 Å². The summed E-state index contributed by atoms with van der Waals surface area (Å²) in [5.74, 6) is -2.57. The molecule has 1 aliphatic rings. The summed E-state index contributed by atoms with van der Waals surface area (Å²) in [5, 5.41) is 38.2. The van der Waals surface area contributed by atoms with E-state index in [1.54, 1.807) is 19.2 Å². The number of alkyl halides is 3. The minimum Gasteiger partial charge on any atom is -0.542 e. The smallest absolute Gasteiger partial charge is 0.430 e. The second kappa shape index (κ2) is 8.93. The first-order chi connectivity index (χ1) is 14.3. The molecule has 1 aliphatic heterocycles. The average Bonchev–Trinajstić information content (AvgIpc) is 2.66. The number of methoxy groups -OCH3 is 1. The molecule has 0 saturated carbocycles. The van der Waals surface area contributed by atoms with Crippen LogP contribution in [0.3, 0.4) is 0 Å². The summed E-state index contributed by atoms with van der Waals surface area (Å²) in [4.78, 5) is 8.78. The Labute approximate surface area is 177 Å². The van der Waals surface area contributed by atoms with E-state index >= 15 is 0 Å². The van der Waals surface area contributed by atoms with Crippen LogP contribution in [0.2, 0.25) is 0 Å². The quantitative estimate of drug-likeness (QED) is 0.495. The van der Waals surface area contributed by atoms with E-state index in [-0.39, 0.29) is 23.3 Å². The summed E-state index contributed by atoms with van der Waals surface area (Å²) in [5.41, 5.74) is 3.25. The Balaban J connectivity index is 0.000000423. The van der Waals surface area contributed by atoms with Gasteiger partial charge >= 0.3 is 6.18 Å². The highest BCUT2D eigenvalue weighted by atomic mass is 19.4. The van der Waals surface area contributed by atoms with Crippen molar-refractivity contribution in [2.45, 2.75) is 25.1 Å². The fourth-order valence-corrected chi connectivity index (χ4v) is 3.53. The van der Waals surface area contributed by atoms with Gasteiger partial charge in [-0.1, -0.05) is 6.07 Å². The minimum absolute atomic E-state index is 0.105. The highest BCUT2D eigenvalue weighted by molar-refractivity contribution is 5.70. The number of ether oxygens (including phenoxy) is 1. The number of quaternary nitrogens is 1. The minimum atomic E-state index is -5.19. The molecule has 0 aromatic heterocycles. The summed E-state index contributed by atoms with van der Waals surface area (Å²) in [6, 6.07) is 8.82. The standard InChI is InChI=1S/C19H23NO4.C2HF3O2/c1-20(2)7-6-13-10-19(24-3)18(23)11-14(13)15(20)8-12-4-5-16(21)17(22)9-12;3-2(4,5)1(6)7/h4-5,9-11,15H,6-8H2,1-3H3,(H2-,21,22,23);(H,6,7). The van der Waals surface area contributed by atoms with Crippen LogP contribution in [0.1, 0.15) is 22.7 Å². The van der Waals surface area contributed by atoms with Crippen LogP contribution in [-0.4, -0.2) is 59.7 Å². The molecule has 1 atom stereocenters. The first-order valence-corrected chi connectivity index (χ1v) is 9.27. The molecule has 1 unspecified atom stereocenters. The zero-order valence-electron chi connectivity index (χ0n) is 17.2. The number of phenols is 3. The maximum absolute atomic E-state index is 10.5. The molecule has 7 nitrogen and oxygen atoms in total. The van der Waals surface area contributed by atoms with Gasteiger partial charge in [0, 0.05) is 18.4 Å². The number of aromatic hydroxyl groups is 3. The molecule has 0 spiro atoms. The molecule has 0 bridgehead atoms. The van der Waals surface area contributed by atoms with Crippen LogP contribution in [0.15, 0.2) is 30.3 Å². The van der Waals surface area contributed by atoms with Gasteiger partial charge in [-0.15, -0.1) is 0 Å². The van der Waals surface area contributed by atoms with E-state index in [1.165, 1.54) is 11.6 Å². The van der Waals surface area contributed by atoms with Gasteiger partial charge in [-0.2, -0.15) is 13.2 Å². The van der Waals surface area contributed by atoms with Gasteiger partial charge in [0.05, 0.1) is 27.7 Å². The van der Waals surface area contributed by atoms with E-state index in [9.17, 15) is 28.5 Å². The van der Waals surface area contributed by atoms with Gasteiger partial charge in [-0.3, -0.25) is 0 Å². The van der Waals surface area contributed by atoms with Gasteiger partial charge in [0.15, 0.2) is 23.0 Å². The summed E-state index contributed by atoms with van der Waals surface area (Å²) < 4.78 is 37.6. The number of fused-ring (bicyclic) bond motifs is 1. The first-order valence-electron chi connectivity index (χ1n) is 9.27. The maximum atomic E-state index is 10.5. The van der Waals surface area contributed by atoms with Crippen molar-refractivity contribution < 1.29 is 47.6 Å². The number of rotatable bonds is 3. The van der Waals surface area contributed by atoms with Gasteiger partial charge in [0.2, 0.25) is 0 Å². The lowest BCUT2D eigenvalue weighted by molar-refractivity contribution is -0.923. The summed E-state index contributed by atoms with van der Waals surface area (Å²) in [7, 11) is 5.91. The van der Waals surface area contributed by atoms with E-state index in [2.05, 4.69) is 14.1 Å². The second-order valence-corrected chi connectivity index (χ2v) is 7.80. The van der Waals surface area contributed by atoms with Crippen molar-refractivity contribution in [2.75, 3.05) is 27.7 Å². The van der Waals surface area contributed by atoms with Crippen molar-refractivity contribution in [3.8, 4) is 23.0 Å². The molecular weight excluding hydrogens is 419 g/mol. The number of carboxylic acid groups (broad SMARTS) is 1. The van der Waals surface area contributed by atoms with Gasteiger partial charge in [-0.05, 0) is 35.4 Å².